The minimum atomic E-state index is -0.815. The van der Waals surface area contributed by atoms with Gasteiger partial charge in [-0.1, -0.05) is 24.6 Å². The Morgan fingerprint density at radius 2 is 1.94 bits per heavy atom. The normalized spacial score (nSPS) is 13.1. The highest BCUT2D eigenvalue weighted by atomic mass is 32.1. The maximum atomic E-state index is 13.1. The number of aryl methyl sites for hydroxylation is 3. The molecule has 1 amide bonds. The lowest BCUT2D eigenvalue weighted by Gasteiger charge is -2.17. The summed E-state index contributed by atoms with van der Waals surface area (Å²) >= 11 is 1.16. The third-order valence-electron chi connectivity index (χ3n) is 5.36. The molecule has 0 radical (unpaired) electrons. The maximum absolute atomic E-state index is 13.1. The van der Waals surface area contributed by atoms with Gasteiger partial charge in [-0.25, -0.2) is 9.78 Å². The number of hydrogen-bond donors (Lipinski definition) is 1. The summed E-state index contributed by atoms with van der Waals surface area (Å²) in [5.41, 5.74) is 2.98. The first-order valence-electron chi connectivity index (χ1n) is 10.2. The molecule has 3 rings (SSSR count). The number of nitrogens with one attached hydrogen (secondary N) is 1. The number of ether oxygens (including phenoxy) is 1. The van der Waals surface area contributed by atoms with E-state index in [4.69, 9.17) is 4.74 Å². The van der Waals surface area contributed by atoms with Crippen LogP contribution in [-0.4, -0.2) is 27.5 Å². The van der Waals surface area contributed by atoms with Gasteiger partial charge in [0.15, 0.2) is 0 Å². The third kappa shape index (κ3) is 4.54. The molecule has 7 nitrogen and oxygen atoms in total. The zero-order chi connectivity index (χ0) is 22.9. The largest absolute Gasteiger partial charge is 0.461 e. The van der Waals surface area contributed by atoms with Gasteiger partial charge in [0, 0.05) is 5.69 Å². The van der Waals surface area contributed by atoms with Crippen LogP contribution in [0, 0.1) is 20.8 Å². The van der Waals surface area contributed by atoms with Gasteiger partial charge < -0.3 is 10.1 Å². The van der Waals surface area contributed by atoms with Crippen molar-refractivity contribution in [3.63, 3.8) is 0 Å². The molecule has 1 aromatic carbocycles. The number of fused-ring (bicyclic) bond motifs is 1. The van der Waals surface area contributed by atoms with Crippen LogP contribution in [0.1, 0.15) is 59.6 Å². The summed E-state index contributed by atoms with van der Waals surface area (Å²) in [4.78, 5) is 43.7. The number of carbonyl (C=O) groups excluding carboxylic acids is 2. The van der Waals surface area contributed by atoms with Crippen molar-refractivity contribution in [2.75, 3.05) is 5.32 Å². The Morgan fingerprint density at radius 3 is 2.58 bits per heavy atom. The zero-order valence-corrected chi connectivity index (χ0v) is 19.4. The summed E-state index contributed by atoms with van der Waals surface area (Å²) < 4.78 is 6.62. The van der Waals surface area contributed by atoms with Crippen molar-refractivity contribution in [1.29, 1.82) is 0 Å². The maximum Gasteiger partial charge on any atom is 0.329 e. The number of carbonyl (C=O) groups is 2. The molecule has 2 aromatic heterocycles. The highest BCUT2D eigenvalue weighted by Gasteiger charge is 2.24. The molecule has 0 aliphatic heterocycles. The van der Waals surface area contributed by atoms with Crippen LogP contribution in [0.3, 0.4) is 0 Å². The van der Waals surface area contributed by atoms with Gasteiger partial charge in [0.2, 0.25) is 0 Å². The van der Waals surface area contributed by atoms with E-state index in [2.05, 4.69) is 10.3 Å². The fraction of sp³-hybridized carbons (Fsp3) is 0.391. The molecule has 0 aliphatic carbocycles. The number of rotatable bonds is 6. The van der Waals surface area contributed by atoms with Crippen LogP contribution in [0.4, 0.5) is 5.69 Å². The molecule has 8 heteroatoms. The van der Waals surface area contributed by atoms with Crippen LogP contribution in [0.2, 0.25) is 0 Å². The van der Waals surface area contributed by atoms with Crippen LogP contribution in [0.25, 0.3) is 10.2 Å². The zero-order valence-electron chi connectivity index (χ0n) is 18.6. The molecule has 0 unspecified atom stereocenters. The van der Waals surface area contributed by atoms with Gasteiger partial charge in [0.25, 0.3) is 11.5 Å². The van der Waals surface area contributed by atoms with Crippen molar-refractivity contribution in [2.24, 2.45) is 0 Å². The summed E-state index contributed by atoms with van der Waals surface area (Å²) in [5.74, 6) is -0.777. The van der Waals surface area contributed by atoms with Crippen molar-refractivity contribution in [3.8, 4) is 0 Å². The number of amides is 1. The Kier molecular flexibility index (Phi) is 6.59. The van der Waals surface area contributed by atoms with Gasteiger partial charge in [-0.05, 0) is 58.2 Å². The van der Waals surface area contributed by atoms with Gasteiger partial charge in [-0.15, -0.1) is 11.3 Å². The standard InChI is InChI=1S/C23H27N3O4S/c1-7-14(4)30-23(29)16(6)26-11-24-21-18(22(26)28)15(5)19(31-21)20(27)25-17-9-8-12(2)10-13(17)3/h8-11,14,16H,7H2,1-6H3,(H,25,27)/t14-,16+/m0/s1. The lowest BCUT2D eigenvalue weighted by atomic mass is 10.1. The fourth-order valence-electron chi connectivity index (χ4n) is 3.26. The topological polar surface area (TPSA) is 90.3 Å². The summed E-state index contributed by atoms with van der Waals surface area (Å²) in [5, 5.41) is 3.27. The van der Waals surface area contributed by atoms with Crippen LogP contribution in [0.15, 0.2) is 29.3 Å². The van der Waals surface area contributed by atoms with E-state index in [-0.39, 0.29) is 17.6 Å². The number of hydrogen-bond acceptors (Lipinski definition) is 6. The summed E-state index contributed by atoms with van der Waals surface area (Å²) in [6.07, 6.45) is 1.80. The molecular formula is C23H27N3O4S. The molecule has 0 spiro atoms. The first-order valence-corrected chi connectivity index (χ1v) is 11.0. The monoisotopic (exact) mass is 441 g/mol. The van der Waals surface area contributed by atoms with Gasteiger partial charge >= 0.3 is 5.97 Å². The molecule has 2 heterocycles. The smallest absolute Gasteiger partial charge is 0.329 e. The highest BCUT2D eigenvalue weighted by molar-refractivity contribution is 7.20. The first kappa shape index (κ1) is 22.7. The second kappa shape index (κ2) is 9.01. The second-order valence-corrected chi connectivity index (χ2v) is 8.80. The van der Waals surface area contributed by atoms with E-state index in [0.717, 1.165) is 28.2 Å². The number of nitrogens with zero attached hydrogens (tertiary/aromatic N) is 2. The average molecular weight is 442 g/mol. The lowest BCUT2D eigenvalue weighted by molar-refractivity contribution is -0.152. The minimum absolute atomic E-state index is 0.231. The average Bonchev–Trinajstić information content (AvgIpc) is 3.07. The van der Waals surface area contributed by atoms with E-state index < -0.39 is 12.0 Å². The molecule has 0 aliphatic rings. The molecule has 2 atom stereocenters. The number of benzene rings is 1. The van der Waals surface area contributed by atoms with Crippen molar-refractivity contribution >= 4 is 39.1 Å². The Balaban J connectivity index is 1.95. The molecule has 3 aromatic rings. The van der Waals surface area contributed by atoms with E-state index in [1.165, 1.54) is 10.9 Å². The van der Waals surface area contributed by atoms with Crippen LogP contribution in [-0.2, 0) is 9.53 Å². The Bertz CT molecular complexity index is 1210. The summed E-state index contributed by atoms with van der Waals surface area (Å²) in [6.45, 7) is 11.0. The van der Waals surface area contributed by atoms with E-state index in [1.54, 1.807) is 20.8 Å². The van der Waals surface area contributed by atoms with E-state index in [1.807, 2.05) is 39.0 Å². The number of aromatic nitrogens is 2. The molecule has 164 valence electrons. The van der Waals surface area contributed by atoms with Gasteiger partial charge in [0.1, 0.15) is 10.9 Å². The SMILES string of the molecule is CC[C@H](C)OC(=O)[C@@H](C)n1cnc2sc(C(=O)Nc3ccc(C)cc3C)c(C)c2c1=O. The van der Waals surface area contributed by atoms with Gasteiger partial charge in [-0.2, -0.15) is 0 Å². The van der Waals surface area contributed by atoms with Crippen molar-refractivity contribution in [1.82, 2.24) is 9.55 Å². The number of thiophene rings is 1. The van der Waals surface area contributed by atoms with E-state index >= 15 is 0 Å². The quantitative estimate of drug-likeness (QED) is 0.567. The first-order chi connectivity index (χ1) is 14.6. The van der Waals surface area contributed by atoms with Crippen LogP contribution < -0.4 is 10.9 Å². The van der Waals surface area contributed by atoms with Crippen LogP contribution in [0.5, 0.6) is 0 Å². The molecule has 0 saturated heterocycles. The molecule has 0 fully saturated rings. The second-order valence-electron chi connectivity index (χ2n) is 7.80. The molecule has 31 heavy (non-hydrogen) atoms. The summed E-state index contributed by atoms with van der Waals surface area (Å²) in [6, 6.07) is 4.97. The molecule has 0 saturated carbocycles. The lowest BCUT2D eigenvalue weighted by Crippen LogP contribution is -2.31. The predicted molar refractivity (Wildman–Crippen MR) is 123 cm³/mol. The Hall–Kier alpha value is -3.00. The highest BCUT2D eigenvalue weighted by Crippen LogP contribution is 2.28. The van der Waals surface area contributed by atoms with E-state index in [0.29, 0.717) is 27.1 Å². The third-order valence-corrected chi connectivity index (χ3v) is 6.56. The number of anilines is 1. The van der Waals surface area contributed by atoms with Crippen molar-refractivity contribution < 1.29 is 14.3 Å². The van der Waals surface area contributed by atoms with Crippen molar-refractivity contribution in [2.45, 2.75) is 60.1 Å². The minimum Gasteiger partial charge on any atom is -0.461 e. The fourth-order valence-corrected chi connectivity index (χ4v) is 4.29. The van der Waals surface area contributed by atoms with Crippen LogP contribution >= 0.6 is 11.3 Å². The molecule has 0 bridgehead atoms. The molecular weight excluding hydrogens is 414 g/mol. The van der Waals surface area contributed by atoms with Gasteiger partial charge in [-0.3, -0.25) is 14.2 Å². The molecule has 1 N–H and O–H groups in total. The Labute approximate surface area is 185 Å². The van der Waals surface area contributed by atoms with E-state index in [9.17, 15) is 14.4 Å². The predicted octanol–water partition coefficient (Wildman–Crippen LogP) is 4.54. The van der Waals surface area contributed by atoms with Crippen molar-refractivity contribution in [3.05, 3.63) is 56.4 Å². The number of esters is 1. The van der Waals surface area contributed by atoms with Gasteiger partial charge in [0.05, 0.1) is 22.7 Å². The Morgan fingerprint density at radius 1 is 1.23 bits per heavy atom. The summed E-state index contributed by atoms with van der Waals surface area (Å²) in [7, 11) is 0.